The van der Waals surface area contributed by atoms with Gasteiger partial charge in [-0.1, -0.05) is 36.4 Å². The monoisotopic (exact) mass is 386 g/mol. The van der Waals surface area contributed by atoms with Crippen molar-refractivity contribution in [3.8, 4) is 0 Å². The summed E-state index contributed by atoms with van der Waals surface area (Å²) in [5.41, 5.74) is 2.30. The molecule has 0 saturated carbocycles. The number of hydrogen-bond donors (Lipinski definition) is 0. The topological polar surface area (TPSA) is 51.2 Å². The molecule has 26 heavy (non-hydrogen) atoms. The van der Waals surface area contributed by atoms with Crippen molar-refractivity contribution in [3.05, 3.63) is 70.6 Å². The number of sulfone groups is 1. The van der Waals surface area contributed by atoms with Gasteiger partial charge in [-0.3, -0.25) is 4.79 Å². The van der Waals surface area contributed by atoms with E-state index in [1.54, 1.807) is 56.4 Å². The van der Waals surface area contributed by atoms with Crippen LogP contribution < -0.4 is 0 Å². The Morgan fingerprint density at radius 3 is 2.27 bits per heavy atom. The van der Waals surface area contributed by atoms with E-state index >= 15 is 0 Å². The second-order valence-electron chi connectivity index (χ2n) is 7.46. The van der Waals surface area contributed by atoms with Gasteiger partial charge in [0.15, 0.2) is 15.6 Å². The van der Waals surface area contributed by atoms with Crippen LogP contribution in [-0.2, 0) is 22.0 Å². The highest BCUT2D eigenvalue weighted by atomic mass is 32.2. The molecule has 136 valence electrons. The smallest absolute Gasteiger partial charge is 0.167 e. The molecular weight excluding hydrogens is 364 g/mol. The third kappa shape index (κ3) is 4.05. The van der Waals surface area contributed by atoms with Crippen LogP contribution in [0.4, 0.5) is 0 Å². The molecule has 3 aromatic rings. The van der Waals surface area contributed by atoms with E-state index in [2.05, 4.69) is 12.1 Å². The van der Waals surface area contributed by atoms with Crippen LogP contribution in [0.5, 0.6) is 0 Å². The van der Waals surface area contributed by atoms with E-state index in [1.807, 2.05) is 17.5 Å². The van der Waals surface area contributed by atoms with Crippen LogP contribution in [0.1, 0.15) is 42.3 Å². The Labute approximate surface area is 158 Å². The van der Waals surface area contributed by atoms with Crippen molar-refractivity contribution in [3.63, 3.8) is 0 Å². The number of rotatable bonds is 5. The zero-order valence-electron chi connectivity index (χ0n) is 15.2. The zero-order valence-corrected chi connectivity index (χ0v) is 16.8. The van der Waals surface area contributed by atoms with Crippen LogP contribution in [0, 0.1) is 0 Å². The number of carbonyl (C=O) groups excluding carboxylic acids is 1. The van der Waals surface area contributed by atoms with Crippen molar-refractivity contribution in [1.82, 2.24) is 0 Å². The lowest BCUT2D eigenvalue weighted by Crippen LogP contribution is -2.29. The van der Waals surface area contributed by atoms with E-state index in [0.29, 0.717) is 17.5 Å². The van der Waals surface area contributed by atoms with E-state index < -0.39 is 14.6 Å². The molecule has 0 unspecified atom stereocenters. The van der Waals surface area contributed by atoms with Gasteiger partial charge in [-0.05, 0) is 54.8 Å². The predicted molar refractivity (Wildman–Crippen MR) is 109 cm³/mol. The van der Waals surface area contributed by atoms with Crippen LogP contribution in [0.2, 0.25) is 0 Å². The number of hydrogen-bond acceptors (Lipinski definition) is 4. The van der Waals surface area contributed by atoms with E-state index in [0.717, 1.165) is 5.56 Å². The summed E-state index contributed by atoms with van der Waals surface area (Å²) in [7, 11) is -3.23. The fourth-order valence-corrected chi connectivity index (χ4v) is 4.54. The van der Waals surface area contributed by atoms with E-state index in [-0.39, 0.29) is 11.5 Å². The van der Waals surface area contributed by atoms with Gasteiger partial charge >= 0.3 is 0 Å². The first-order valence-corrected chi connectivity index (χ1v) is 11.0. The lowest BCUT2D eigenvalue weighted by atomic mass is 10.0. The quantitative estimate of drug-likeness (QED) is 0.577. The molecule has 3 rings (SSSR count). The predicted octanol–water partition coefficient (Wildman–Crippen LogP) is 5.04. The normalized spacial score (nSPS) is 12.4. The summed E-state index contributed by atoms with van der Waals surface area (Å²) in [6.07, 6.45) is 0.341. The Hall–Kier alpha value is -1.98. The molecule has 5 heteroatoms. The summed E-state index contributed by atoms with van der Waals surface area (Å²) < 4.78 is 25.0. The van der Waals surface area contributed by atoms with Crippen molar-refractivity contribution in [2.45, 2.75) is 37.7 Å². The van der Waals surface area contributed by atoms with Gasteiger partial charge in [-0.2, -0.15) is 0 Å². The lowest BCUT2D eigenvalue weighted by molar-refractivity contribution is 0.0993. The number of benzene rings is 2. The highest BCUT2D eigenvalue weighted by molar-refractivity contribution is 7.91. The first kappa shape index (κ1) is 18.8. The average Bonchev–Trinajstić information content (AvgIpc) is 3.01. The molecule has 0 aliphatic rings. The highest BCUT2D eigenvalue weighted by Crippen LogP contribution is 2.23. The maximum absolute atomic E-state index is 12.5. The molecule has 0 fully saturated rings. The summed E-state index contributed by atoms with van der Waals surface area (Å²) in [5, 5.41) is 3.23. The Kier molecular flexibility index (Phi) is 5.04. The van der Waals surface area contributed by atoms with Gasteiger partial charge < -0.3 is 0 Å². The van der Waals surface area contributed by atoms with Crippen LogP contribution in [0.25, 0.3) is 10.1 Å². The minimum absolute atomic E-state index is 0.0139. The average molecular weight is 387 g/mol. The molecule has 3 nitrogen and oxygen atoms in total. The Morgan fingerprint density at radius 2 is 1.62 bits per heavy atom. The molecule has 0 amide bonds. The third-order valence-electron chi connectivity index (χ3n) is 4.45. The molecule has 0 aliphatic heterocycles. The number of fused-ring (bicyclic) bond motifs is 1. The standard InChI is InChI=1S/C21H22O3S2/c1-21(2,3)26(23,24)14-15-4-7-17(8-5-15)19(22)12-16-6-9-18-10-11-25-20(18)13-16/h4-11,13H,12,14H2,1-3H3. The van der Waals surface area contributed by atoms with Crippen molar-refractivity contribution in [2.75, 3.05) is 0 Å². The number of carbonyl (C=O) groups is 1. The van der Waals surface area contributed by atoms with Crippen LogP contribution in [0.3, 0.4) is 0 Å². The van der Waals surface area contributed by atoms with Crippen LogP contribution >= 0.6 is 11.3 Å². The molecular formula is C21H22O3S2. The van der Waals surface area contributed by atoms with E-state index in [1.165, 1.54) is 10.1 Å². The number of Topliss-reactive ketones (excluding diaryl/α,β-unsaturated/α-hetero) is 1. The van der Waals surface area contributed by atoms with Crippen molar-refractivity contribution in [1.29, 1.82) is 0 Å². The maximum Gasteiger partial charge on any atom is 0.167 e. The van der Waals surface area contributed by atoms with Crippen molar-refractivity contribution in [2.24, 2.45) is 0 Å². The molecule has 1 heterocycles. The minimum Gasteiger partial charge on any atom is -0.294 e. The SMILES string of the molecule is CC(C)(C)S(=O)(=O)Cc1ccc(C(=O)Cc2ccc3ccsc3c2)cc1. The van der Waals surface area contributed by atoms with Gasteiger partial charge in [0, 0.05) is 16.7 Å². The first-order valence-electron chi connectivity index (χ1n) is 8.46. The molecule has 0 bridgehead atoms. The molecule has 0 saturated heterocycles. The lowest BCUT2D eigenvalue weighted by Gasteiger charge is -2.19. The third-order valence-corrected chi connectivity index (χ3v) is 7.91. The minimum atomic E-state index is -3.23. The molecule has 2 aromatic carbocycles. The molecule has 0 N–H and O–H groups in total. The van der Waals surface area contributed by atoms with E-state index in [9.17, 15) is 13.2 Å². The van der Waals surface area contributed by atoms with Gasteiger partial charge in [0.2, 0.25) is 0 Å². The summed E-state index contributed by atoms with van der Waals surface area (Å²) in [5.74, 6) is 0.0196. The first-order chi connectivity index (χ1) is 12.2. The second kappa shape index (κ2) is 6.97. The Morgan fingerprint density at radius 1 is 0.962 bits per heavy atom. The van der Waals surface area contributed by atoms with Gasteiger partial charge in [0.1, 0.15) is 0 Å². The molecule has 1 aromatic heterocycles. The molecule has 0 atom stereocenters. The summed E-state index contributed by atoms with van der Waals surface area (Å²) in [6, 6.07) is 15.1. The largest absolute Gasteiger partial charge is 0.294 e. The molecule has 0 aliphatic carbocycles. The summed E-state index contributed by atoms with van der Waals surface area (Å²) in [4.78, 5) is 12.5. The molecule has 0 radical (unpaired) electrons. The van der Waals surface area contributed by atoms with Gasteiger partial charge in [-0.25, -0.2) is 8.42 Å². The van der Waals surface area contributed by atoms with Gasteiger partial charge in [0.25, 0.3) is 0 Å². The van der Waals surface area contributed by atoms with Crippen LogP contribution in [-0.4, -0.2) is 18.9 Å². The van der Waals surface area contributed by atoms with Crippen molar-refractivity contribution < 1.29 is 13.2 Å². The van der Waals surface area contributed by atoms with Crippen LogP contribution in [0.15, 0.2) is 53.9 Å². The summed E-state index contributed by atoms with van der Waals surface area (Å²) in [6.45, 7) is 5.10. The fraction of sp³-hybridized carbons (Fsp3) is 0.286. The van der Waals surface area contributed by atoms with Gasteiger partial charge in [-0.15, -0.1) is 11.3 Å². The Bertz CT molecular complexity index is 1040. The summed E-state index contributed by atoms with van der Waals surface area (Å²) >= 11 is 1.67. The zero-order chi connectivity index (χ0) is 18.9. The second-order valence-corrected chi connectivity index (χ2v) is 11.2. The van der Waals surface area contributed by atoms with Gasteiger partial charge in [0.05, 0.1) is 10.5 Å². The van der Waals surface area contributed by atoms with E-state index in [4.69, 9.17) is 0 Å². The molecule has 0 spiro atoms. The Balaban J connectivity index is 1.72. The fourth-order valence-electron chi connectivity index (χ4n) is 2.62. The highest BCUT2D eigenvalue weighted by Gasteiger charge is 2.28. The number of ketones is 1. The van der Waals surface area contributed by atoms with Crippen molar-refractivity contribution >= 4 is 37.0 Å². The number of thiophene rings is 1. The maximum atomic E-state index is 12.5.